The van der Waals surface area contributed by atoms with E-state index in [2.05, 4.69) is 20.5 Å². The fraction of sp³-hybridized carbons (Fsp3) is 0.294. The molecule has 26 heavy (non-hydrogen) atoms. The van der Waals surface area contributed by atoms with E-state index in [0.717, 1.165) is 5.69 Å². The Bertz CT molecular complexity index is 1010. The summed E-state index contributed by atoms with van der Waals surface area (Å²) in [7, 11) is 0. The molecule has 3 rings (SSSR count). The number of hydrogen-bond acceptors (Lipinski definition) is 6. The van der Waals surface area contributed by atoms with Crippen molar-refractivity contribution in [2.24, 2.45) is 0 Å². The smallest absolute Gasteiger partial charge is 0.255 e. The van der Waals surface area contributed by atoms with Crippen LogP contribution in [-0.4, -0.2) is 37.8 Å². The Morgan fingerprint density at radius 3 is 2.85 bits per heavy atom. The van der Waals surface area contributed by atoms with E-state index in [1.165, 1.54) is 11.8 Å². The molecule has 0 aliphatic heterocycles. The summed E-state index contributed by atoms with van der Waals surface area (Å²) in [4.78, 5) is 26.8. The van der Waals surface area contributed by atoms with Crippen molar-refractivity contribution < 1.29 is 9.53 Å². The molecule has 0 atom stereocenters. The van der Waals surface area contributed by atoms with Gasteiger partial charge in [0.05, 0.1) is 18.0 Å². The first-order valence-electron chi connectivity index (χ1n) is 8.10. The number of thioether (sulfide) groups is 1. The zero-order valence-electron chi connectivity index (χ0n) is 14.7. The summed E-state index contributed by atoms with van der Waals surface area (Å²) in [5.41, 5.74) is 1.78. The Hall–Kier alpha value is -2.81. The highest BCUT2D eigenvalue weighted by atomic mass is 32.2. The second-order valence-electron chi connectivity index (χ2n) is 5.57. The number of benzene rings is 1. The number of H-pyrrole nitrogens is 1. The van der Waals surface area contributed by atoms with Gasteiger partial charge in [-0.25, -0.2) is 0 Å². The number of anilines is 1. The molecule has 2 N–H and O–H groups in total. The highest BCUT2D eigenvalue weighted by molar-refractivity contribution is 7.99. The van der Waals surface area contributed by atoms with Crippen LogP contribution in [0, 0.1) is 13.8 Å². The number of fused-ring (bicyclic) bond motifs is 1. The second-order valence-corrected chi connectivity index (χ2v) is 6.51. The molecule has 8 nitrogen and oxygen atoms in total. The maximum Gasteiger partial charge on any atom is 0.255 e. The third-order valence-corrected chi connectivity index (χ3v) is 4.80. The number of hydrogen-bond donors (Lipinski definition) is 2. The van der Waals surface area contributed by atoms with Crippen molar-refractivity contribution in [1.82, 2.24) is 19.6 Å². The molecule has 0 bridgehead atoms. The topological polar surface area (TPSA) is 101 Å². The van der Waals surface area contributed by atoms with Crippen LogP contribution in [0.4, 0.5) is 5.69 Å². The van der Waals surface area contributed by atoms with Crippen molar-refractivity contribution in [1.29, 1.82) is 0 Å². The van der Waals surface area contributed by atoms with E-state index in [4.69, 9.17) is 4.74 Å². The molecule has 0 saturated heterocycles. The zero-order valence-corrected chi connectivity index (χ0v) is 15.5. The van der Waals surface area contributed by atoms with Crippen LogP contribution in [0.15, 0.2) is 34.2 Å². The lowest BCUT2D eigenvalue weighted by Gasteiger charge is -2.11. The number of aryl methyl sites for hydroxylation is 1. The quantitative estimate of drug-likeness (QED) is 0.642. The van der Waals surface area contributed by atoms with Crippen molar-refractivity contribution in [2.45, 2.75) is 25.9 Å². The molecule has 0 radical (unpaired) electrons. The van der Waals surface area contributed by atoms with Gasteiger partial charge in [0.1, 0.15) is 5.75 Å². The van der Waals surface area contributed by atoms with Crippen LogP contribution in [0.1, 0.15) is 18.2 Å². The van der Waals surface area contributed by atoms with Crippen LogP contribution < -0.4 is 15.6 Å². The van der Waals surface area contributed by atoms with Gasteiger partial charge in [0.15, 0.2) is 5.16 Å². The summed E-state index contributed by atoms with van der Waals surface area (Å²) in [6.45, 7) is 5.96. The highest BCUT2D eigenvalue weighted by Gasteiger charge is 2.14. The lowest BCUT2D eigenvalue weighted by molar-refractivity contribution is -0.113. The average Bonchev–Trinajstić information content (AvgIpc) is 3.02. The minimum absolute atomic E-state index is 0.152. The molecule has 0 saturated carbocycles. The zero-order chi connectivity index (χ0) is 18.7. The van der Waals surface area contributed by atoms with Crippen LogP contribution in [-0.2, 0) is 4.79 Å². The third-order valence-electron chi connectivity index (χ3n) is 3.87. The molecule has 2 aromatic heterocycles. The molecule has 0 unspecified atom stereocenters. The normalized spacial score (nSPS) is 10.9. The van der Waals surface area contributed by atoms with Crippen molar-refractivity contribution in [3.8, 4) is 5.75 Å². The monoisotopic (exact) mass is 373 g/mol. The van der Waals surface area contributed by atoms with Crippen LogP contribution >= 0.6 is 11.8 Å². The fourth-order valence-electron chi connectivity index (χ4n) is 2.44. The summed E-state index contributed by atoms with van der Waals surface area (Å²) in [6, 6.07) is 7.28. The number of nitrogens with zero attached hydrogens (tertiary/aromatic N) is 3. The number of carbonyl (C=O) groups is 1. The molecule has 0 aliphatic carbocycles. The summed E-state index contributed by atoms with van der Waals surface area (Å²) in [5, 5.41) is 11.4. The van der Waals surface area contributed by atoms with E-state index in [-0.39, 0.29) is 17.2 Å². The van der Waals surface area contributed by atoms with Gasteiger partial charge in [-0.2, -0.15) is 0 Å². The number of amides is 1. The summed E-state index contributed by atoms with van der Waals surface area (Å²) < 4.78 is 7.24. The molecule has 0 aliphatic rings. The van der Waals surface area contributed by atoms with Gasteiger partial charge < -0.3 is 10.1 Å². The molecule has 0 spiro atoms. The predicted molar refractivity (Wildman–Crippen MR) is 100 cm³/mol. The van der Waals surface area contributed by atoms with Gasteiger partial charge in [0.25, 0.3) is 5.56 Å². The maximum absolute atomic E-state index is 12.3. The van der Waals surface area contributed by atoms with Gasteiger partial charge in [-0.05, 0) is 32.9 Å². The van der Waals surface area contributed by atoms with Gasteiger partial charge in [0, 0.05) is 11.3 Å². The summed E-state index contributed by atoms with van der Waals surface area (Å²) in [6.07, 6.45) is 0. The van der Waals surface area contributed by atoms with Gasteiger partial charge in [0.2, 0.25) is 11.7 Å². The van der Waals surface area contributed by atoms with Crippen LogP contribution in [0.3, 0.4) is 0 Å². The predicted octanol–water partition coefficient (Wildman–Crippen LogP) is 2.16. The molecule has 0 fully saturated rings. The standard InChI is InChI=1S/C17H19N5O3S/c1-4-25-13-8-6-5-7-12(13)18-14(23)9-26-17-21-20-16-19-15(24)10(2)11(3)22(16)17/h5-8H,4,9H2,1-3H3,(H,18,23)(H,19,20,24). The number of nitrogens with one attached hydrogen (secondary N) is 2. The minimum atomic E-state index is -0.191. The van der Waals surface area contributed by atoms with Crippen molar-refractivity contribution in [3.05, 3.63) is 45.9 Å². The molecule has 9 heteroatoms. The van der Waals surface area contributed by atoms with Crippen LogP contribution in [0.5, 0.6) is 5.75 Å². The second kappa shape index (κ2) is 7.61. The number of aromatic nitrogens is 4. The number of carbonyl (C=O) groups excluding carboxylic acids is 1. The first-order chi connectivity index (χ1) is 12.5. The van der Waals surface area contributed by atoms with Gasteiger partial charge in [-0.1, -0.05) is 23.9 Å². The molecular weight excluding hydrogens is 354 g/mol. The third kappa shape index (κ3) is 3.57. The average molecular weight is 373 g/mol. The molecule has 1 amide bonds. The highest BCUT2D eigenvalue weighted by Crippen LogP contribution is 2.24. The first-order valence-corrected chi connectivity index (χ1v) is 9.09. The first kappa shape index (κ1) is 18.0. The number of aromatic amines is 1. The maximum atomic E-state index is 12.3. The Kier molecular flexibility index (Phi) is 5.27. The van der Waals surface area contributed by atoms with Crippen molar-refractivity contribution in [3.63, 3.8) is 0 Å². The molecule has 2 heterocycles. The summed E-state index contributed by atoms with van der Waals surface area (Å²) in [5.74, 6) is 0.963. The lowest BCUT2D eigenvalue weighted by Crippen LogP contribution is -2.17. The number of rotatable bonds is 6. The van der Waals surface area contributed by atoms with E-state index in [0.29, 0.717) is 34.5 Å². The SMILES string of the molecule is CCOc1ccccc1NC(=O)CSc1nnc2[nH]c(=O)c(C)c(C)n12. The van der Waals surface area contributed by atoms with Crippen LogP contribution in [0.2, 0.25) is 0 Å². The van der Waals surface area contributed by atoms with E-state index >= 15 is 0 Å². The van der Waals surface area contributed by atoms with E-state index in [9.17, 15) is 9.59 Å². The molecular formula is C17H19N5O3S. The lowest BCUT2D eigenvalue weighted by atomic mass is 10.3. The number of ether oxygens (including phenoxy) is 1. The summed E-state index contributed by atoms with van der Waals surface area (Å²) >= 11 is 1.25. The van der Waals surface area contributed by atoms with E-state index < -0.39 is 0 Å². The Morgan fingerprint density at radius 1 is 1.31 bits per heavy atom. The number of para-hydroxylation sites is 2. The van der Waals surface area contributed by atoms with Gasteiger partial charge >= 0.3 is 0 Å². The van der Waals surface area contributed by atoms with Crippen LogP contribution in [0.25, 0.3) is 5.78 Å². The Labute approximate surface area is 154 Å². The van der Waals surface area contributed by atoms with Crippen molar-refractivity contribution in [2.75, 3.05) is 17.7 Å². The Balaban J connectivity index is 1.74. The van der Waals surface area contributed by atoms with E-state index in [1.54, 1.807) is 23.5 Å². The van der Waals surface area contributed by atoms with Gasteiger partial charge in [-0.3, -0.25) is 19.0 Å². The van der Waals surface area contributed by atoms with Gasteiger partial charge in [-0.15, -0.1) is 10.2 Å². The largest absolute Gasteiger partial charge is 0.492 e. The van der Waals surface area contributed by atoms with E-state index in [1.807, 2.05) is 26.0 Å². The minimum Gasteiger partial charge on any atom is -0.492 e. The molecule has 3 aromatic rings. The molecule has 136 valence electrons. The van der Waals surface area contributed by atoms with Crippen molar-refractivity contribution >= 4 is 29.1 Å². The Morgan fingerprint density at radius 2 is 2.08 bits per heavy atom. The molecule has 1 aromatic carbocycles. The fourth-order valence-corrected chi connectivity index (χ4v) is 3.23.